The zero-order valence-corrected chi connectivity index (χ0v) is 11.5. The van der Waals surface area contributed by atoms with E-state index >= 15 is 0 Å². The van der Waals surface area contributed by atoms with E-state index in [1.807, 2.05) is 0 Å². The van der Waals surface area contributed by atoms with E-state index in [1.165, 1.54) is 16.8 Å². The van der Waals surface area contributed by atoms with E-state index in [2.05, 4.69) is 43.9 Å². The lowest BCUT2D eigenvalue weighted by Crippen LogP contribution is -2.48. The molecule has 0 bridgehead atoms. The van der Waals surface area contributed by atoms with Crippen LogP contribution in [0, 0.1) is 6.92 Å². The van der Waals surface area contributed by atoms with E-state index in [-0.39, 0.29) is 5.60 Å². The number of nitrogens with zero attached hydrogens (tertiary/aromatic N) is 1. The SMILES string of the molecule is Cc1cc(CCl)ccc1N1CCOC(C)(C)C1. The number of hydrogen-bond donors (Lipinski definition) is 0. The number of halogens is 1. The molecule has 3 heteroatoms. The Morgan fingerprint density at radius 2 is 2.18 bits per heavy atom. The molecule has 0 saturated carbocycles. The molecule has 94 valence electrons. The molecule has 17 heavy (non-hydrogen) atoms. The van der Waals surface area contributed by atoms with Gasteiger partial charge in [-0.3, -0.25) is 0 Å². The molecule has 1 heterocycles. The summed E-state index contributed by atoms with van der Waals surface area (Å²) in [4.78, 5) is 2.40. The summed E-state index contributed by atoms with van der Waals surface area (Å²) >= 11 is 5.85. The number of aryl methyl sites for hydroxylation is 1. The number of rotatable bonds is 2. The van der Waals surface area contributed by atoms with Gasteiger partial charge in [-0.2, -0.15) is 0 Å². The Labute approximate surface area is 109 Å². The molecule has 2 nitrogen and oxygen atoms in total. The molecule has 0 amide bonds. The van der Waals surface area contributed by atoms with Crippen LogP contribution in [0.5, 0.6) is 0 Å². The first kappa shape index (κ1) is 12.7. The monoisotopic (exact) mass is 253 g/mol. The highest BCUT2D eigenvalue weighted by Gasteiger charge is 2.27. The van der Waals surface area contributed by atoms with Crippen LogP contribution in [0.2, 0.25) is 0 Å². The largest absolute Gasteiger partial charge is 0.372 e. The molecule has 1 aliphatic heterocycles. The maximum Gasteiger partial charge on any atom is 0.0801 e. The molecular weight excluding hydrogens is 234 g/mol. The van der Waals surface area contributed by atoms with Crippen molar-refractivity contribution in [1.82, 2.24) is 0 Å². The molecular formula is C14H20ClNO. The Balaban J connectivity index is 2.22. The first-order valence-electron chi connectivity index (χ1n) is 6.06. The lowest BCUT2D eigenvalue weighted by Gasteiger charge is -2.40. The van der Waals surface area contributed by atoms with E-state index in [4.69, 9.17) is 16.3 Å². The average Bonchev–Trinajstić information content (AvgIpc) is 2.27. The predicted molar refractivity (Wildman–Crippen MR) is 73.0 cm³/mol. The summed E-state index contributed by atoms with van der Waals surface area (Å²) in [6.45, 7) is 9.12. The summed E-state index contributed by atoms with van der Waals surface area (Å²) in [6.07, 6.45) is 0. The first-order chi connectivity index (χ1) is 8.02. The Hall–Kier alpha value is -0.730. The molecule has 1 aromatic carbocycles. The van der Waals surface area contributed by atoms with Gasteiger partial charge in [0.15, 0.2) is 0 Å². The minimum Gasteiger partial charge on any atom is -0.372 e. The second-order valence-electron chi connectivity index (χ2n) is 5.28. The Kier molecular flexibility index (Phi) is 3.64. The highest BCUT2D eigenvalue weighted by atomic mass is 35.5. The van der Waals surface area contributed by atoms with Crippen LogP contribution in [-0.2, 0) is 10.6 Å². The van der Waals surface area contributed by atoms with Crippen molar-refractivity contribution in [3.05, 3.63) is 29.3 Å². The second-order valence-corrected chi connectivity index (χ2v) is 5.55. The molecule has 0 aromatic heterocycles. The molecule has 0 spiro atoms. The van der Waals surface area contributed by atoms with Gasteiger partial charge in [-0.1, -0.05) is 12.1 Å². The van der Waals surface area contributed by atoms with Gasteiger partial charge in [-0.05, 0) is 38.0 Å². The number of anilines is 1. The third-order valence-electron chi connectivity index (χ3n) is 3.18. The van der Waals surface area contributed by atoms with Crippen LogP contribution in [0.4, 0.5) is 5.69 Å². The normalized spacial score (nSPS) is 19.4. The third kappa shape index (κ3) is 2.93. The molecule has 0 N–H and O–H groups in total. The van der Waals surface area contributed by atoms with Crippen molar-refractivity contribution in [2.45, 2.75) is 32.3 Å². The van der Waals surface area contributed by atoms with Gasteiger partial charge in [-0.25, -0.2) is 0 Å². The van der Waals surface area contributed by atoms with Crippen LogP contribution < -0.4 is 4.90 Å². The summed E-state index contributed by atoms with van der Waals surface area (Å²) in [7, 11) is 0. The van der Waals surface area contributed by atoms with Crippen LogP contribution >= 0.6 is 11.6 Å². The lowest BCUT2D eigenvalue weighted by atomic mass is 10.0. The van der Waals surface area contributed by atoms with Crippen LogP contribution in [0.25, 0.3) is 0 Å². The number of alkyl halides is 1. The highest BCUT2D eigenvalue weighted by molar-refractivity contribution is 6.17. The van der Waals surface area contributed by atoms with Crippen molar-refractivity contribution >= 4 is 17.3 Å². The van der Waals surface area contributed by atoms with E-state index in [9.17, 15) is 0 Å². The zero-order valence-electron chi connectivity index (χ0n) is 10.8. The molecule has 0 unspecified atom stereocenters. The number of hydrogen-bond acceptors (Lipinski definition) is 2. The molecule has 1 fully saturated rings. The summed E-state index contributed by atoms with van der Waals surface area (Å²) in [5, 5.41) is 0. The number of benzene rings is 1. The van der Waals surface area contributed by atoms with Crippen molar-refractivity contribution in [2.75, 3.05) is 24.6 Å². The van der Waals surface area contributed by atoms with Crippen molar-refractivity contribution < 1.29 is 4.74 Å². The second kappa shape index (κ2) is 4.87. The fraction of sp³-hybridized carbons (Fsp3) is 0.571. The maximum atomic E-state index is 5.85. The average molecular weight is 254 g/mol. The highest BCUT2D eigenvalue weighted by Crippen LogP contribution is 2.26. The quantitative estimate of drug-likeness (QED) is 0.750. The maximum absolute atomic E-state index is 5.85. The zero-order chi connectivity index (χ0) is 12.5. The first-order valence-corrected chi connectivity index (χ1v) is 6.60. The van der Waals surface area contributed by atoms with Gasteiger partial charge >= 0.3 is 0 Å². The fourth-order valence-electron chi connectivity index (χ4n) is 2.38. The summed E-state index contributed by atoms with van der Waals surface area (Å²) in [5.41, 5.74) is 3.71. The summed E-state index contributed by atoms with van der Waals surface area (Å²) < 4.78 is 5.74. The van der Waals surface area contributed by atoms with Crippen LogP contribution in [-0.4, -0.2) is 25.3 Å². The predicted octanol–water partition coefficient (Wildman–Crippen LogP) is 3.35. The molecule has 0 aliphatic carbocycles. The van der Waals surface area contributed by atoms with Crippen molar-refractivity contribution in [2.24, 2.45) is 0 Å². The van der Waals surface area contributed by atoms with Gasteiger partial charge in [0.1, 0.15) is 0 Å². The van der Waals surface area contributed by atoms with Crippen LogP contribution in [0.1, 0.15) is 25.0 Å². The Morgan fingerprint density at radius 1 is 1.41 bits per heavy atom. The van der Waals surface area contributed by atoms with Gasteiger partial charge in [-0.15, -0.1) is 11.6 Å². The van der Waals surface area contributed by atoms with E-state index in [0.29, 0.717) is 5.88 Å². The van der Waals surface area contributed by atoms with Crippen LogP contribution in [0.15, 0.2) is 18.2 Å². The van der Waals surface area contributed by atoms with Gasteiger partial charge in [0.25, 0.3) is 0 Å². The minimum absolute atomic E-state index is 0.0597. The topological polar surface area (TPSA) is 12.5 Å². The van der Waals surface area contributed by atoms with Crippen molar-refractivity contribution in [3.8, 4) is 0 Å². The number of ether oxygens (including phenoxy) is 1. The fourth-order valence-corrected chi connectivity index (χ4v) is 2.54. The number of morpholine rings is 1. The summed E-state index contributed by atoms with van der Waals surface area (Å²) in [6, 6.07) is 6.46. The van der Waals surface area contributed by atoms with Crippen LogP contribution in [0.3, 0.4) is 0 Å². The molecule has 1 aliphatic rings. The van der Waals surface area contributed by atoms with Gasteiger partial charge < -0.3 is 9.64 Å². The molecule has 1 saturated heterocycles. The van der Waals surface area contributed by atoms with E-state index < -0.39 is 0 Å². The summed E-state index contributed by atoms with van der Waals surface area (Å²) in [5.74, 6) is 0.579. The Bertz CT molecular complexity index is 403. The standard InChI is InChI=1S/C14H20ClNO/c1-11-8-12(9-15)4-5-13(11)16-6-7-17-14(2,3)10-16/h4-5,8H,6-7,9-10H2,1-3H3. The molecule has 2 rings (SSSR count). The third-order valence-corrected chi connectivity index (χ3v) is 3.49. The van der Waals surface area contributed by atoms with Gasteiger partial charge in [0.05, 0.1) is 12.2 Å². The van der Waals surface area contributed by atoms with Gasteiger partial charge in [0.2, 0.25) is 0 Å². The molecule has 0 atom stereocenters. The molecule has 1 aromatic rings. The minimum atomic E-state index is -0.0597. The molecule has 0 radical (unpaired) electrons. The van der Waals surface area contributed by atoms with Crippen molar-refractivity contribution in [1.29, 1.82) is 0 Å². The van der Waals surface area contributed by atoms with Gasteiger partial charge in [0, 0.05) is 24.7 Å². The van der Waals surface area contributed by atoms with E-state index in [0.717, 1.165) is 19.7 Å². The Morgan fingerprint density at radius 3 is 2.76 bits per heavy atom. The van der Waals surface area contributed by atoms with Crippen molar-refractivity contribution in [3.63, 3.8) is 0 Å². The smallest absolute Gasteiger partial charge is 0.0801 e. The van der Waals surface area contributed by atoms with E-state index in [1.54, 1.807) is 0 Å². The lowest BCUT2D eigenvalue weighted by molar-refractivity contribution is -0.0277.